The molecule has 0 amide bonds. The minimum atomic E-state index is -2.99. The molecular weight excluding hydrogens is 216 g/mol. The smallest absolute Gasteiger partial charge is 0.149 e. The van der Waals surface area contributed by atoms with Gasteiger partial charge in [-0.05, 0) is 19.1 Å². The van der Waals surface area contributed by atoms with Gasteiger partial charge < -0.3 is 11.1 Å². The minimum absolute atomic E-state index is 0.0546. The van der Waals surface area contributed by atoms with E-state index >= 15 is 0 Å². The SMILES string of the molecule is CC(CS(C)(=O)=O)Nc1ccc(N)nn1. The number of aromatic nitrogens is 2. The lowest BCUT2D eigenvalue weighted by Gasteiger charge is -2.12. The van der Waals surface area contributed by atoms with Crippen molar-refractivity contribution in [2.45, 2.75) is 13.0 Å². The fourth-order valence-corrected chi connectivity index (χ4v) is 2.16. The number of nitrogens with zero attached hydrogens (tertiary/aromatic N) is 2. The van der Waals surface area contributed by atoms with Crippen LogP contribution in [0.2, 0.25) is 0 Å². The van der Waals surface area contributed by atoms with Crippen LogP contribution >= 0.6 is 0 Å². The van der Waals surface area contributed by atoms with E-state index in [9.17, 15) is 8.42 Å². The molecule has 84 valence electrons. The normalized spacial score (nSPS) is 13.5. The van der Waals surface area contributed by atoms with Crippen molar-refractivity contribution >= 4 is 21.5 Å². The van der Waals surface area contributed by atoms with Crippen molar-refractivity contribution in [2.75, 3.05) is 23.1 Å². The van der Waals surface area contributed by atoms with Gasteiger partial charge in [0.1, 0.15) is 21.5 Å². The lowest BCUT2D eigenvalue weighted by atomic mass is 10.4. The van der Waals surface area contributed by atoms with Crippen LogP contribution in [0.4, 0.5) is 11.6 Å². The summed E-state index contributed by atoms with van der Waals surface area (Å²) < 4.78 is 22.0. The molecule has 7 heteroatoms. The van der Waals surface area contributed by atoms with Gasteiger partial charge in [-0.1, -0.05) is 0 Å². The second-order valence-corrected chi connectivity index (χ2v) is 5.67. The zero-order chi connectivity index (χ0) is 11.5. The van der Waals surface area contributed by atoms with Crippen LogP contribution in [0.5, 0.6) is 0 Å². The molecule has 1 aromatic heterocycles. The van der Waals surface area contributed by atoms with Gasteiger partial charge in [-0.25, -0.2) is 8.42 Å². The van der Waals surface area contributed by atoms with Crippen molar-refractivity contribution in [2.24, 2.45) is 0 Å². The maximum absolute atomic E-state index is 11.0. The molecule has 15 heavy (non-hydrogen) atoms. The Balaban J connectivity index is 2.59. The van der Waals surface area contributed by atoms with Gasteiger partial charge in [-0.3, -0.25) is 0 Å². The van der Waals surface area contributed by atoms with E-state index in [0.29, 0.717) is 11.6 Å². The van der Waals surface area contributed by atoms with Crippen LogP contribution in [0, 0.1) is 0 Å². The molecule has 0 radical (unpaired) electrons. The van der Waals surface area contributed by atoms with Crippen LogP contribution in [-0.2, 0) is 9.84 Å². The Kier molecular flexibility index (Phi) is 3.46. The average Bonchev–Trinajstić information content (AvgIpc) is 2.05. The molecular formula is C8H14N4O2S. The van der Waals surface area contributed by atoms with E-state index in [1.54, 1.807) is 19.1 Å². The van der Waals surface area contributed by atoms with Crippen LogP contribution in [0.15, 0.2) is 12.1 Å². The van der Waals surface area contributed by atoms with E-state index in [2.05, 4.69) is 15.5 Å². The first-order valence-corrected chi connectivity index (χ1v) is 6.46. The van der Waals surface area contributed by atoms with E-state index in [1.807, 2.05) is 0 Å². The van der Waals surface area contributed by atoms with Gasteiger partial charge in [0.15, 0.2) is 0 Å². The maximum Gasteiger partial charge on any atom is 0.149 e. The van der Waals surface area contributed by atoms with Crippen molar-refractivity contribution < 1.29 is 8.42 Å². The Hall–Kier alpha value is -1.37. The second kappa shape index (κ2) is 4.43. The van der Waals surface area contributed by atoms with Gasteiger partial charge in [-0.2, -0.15) is 0 Å². The third-order valence-electron chi connectivity index (χ3n) is 1.63. The van der Waals surface area contributed by atoms with Crippen LogP contribution < -0.4 is 11.1 Å². The molecule has 0 saturated carbocycles. The van der Waals surface area contributed by atoms with Crippen molar-refractivity contribution in [3.8, 4) is 0 Å². The predicted octanol–water partition coefficient (Wildman–Crippen LogP) is -0.0962. The molecule has 6 nitrogen and oxygen atoms in total. The van der Waals surface area contributed by atoms with E-state index < -0.39 is 9.84 Å². The first-order valence-electron chi connectivity index (χ1n) is 4.40. The highest BCUT2D eigenvalue weighted by Crippen LogP contribution is 2.05. The molecule has 1 atom stereocenters. The fourth-order valence-electron chi connectivity index (χ4n) is 1.17. The van der Waals surface area contributed by atoms with Crippen LogP contribution in [0.1, 0.15) is 6.92 Å². The zero-order valence-corrected chi connectivity index (χ0v) is 9.45. The van der Waals surface area contributed by atoms with Gasteiger partial charge in [-0.15, -0.1) is 10.2 Å². The largest absolute Gasteiger partial charge is 0.382 e. The first-order chi connectivity index (χ1) is 6.87. The van der Waals surface area contributed by atoms with E-state index in [4.69, 9.17) is 5.73 Å². The lowest BCUT2D eigenvalue weighted by molar-refractivity contribution is 0.598. The van der Waals surface area contributed by atoms with Gasteiger partial charge >= 0.3 is 0 Å². The van der Waals surface area contributed by atoms with E-state index in [-0.39, 0.29) is 11.8 Å². The molecule has 0 saturated heterocycles. The highest BCUT2D eigenvalue weighted by atomic mass is 32.2. The summed E-state index contributed by atoms with van der Waals surface area (Å²) >= 11 is 0. The summed E-state index contributed by atoms with van der Waals surface area (Å²) in [5.74, 6) is 0.899. The van der Waals surface area contributed by atoms with Crippen molar-refractivity contribution in [3.63, 3.8) is 0 Å². The third-order valence-corrected chi connectivity index (χ3v) is 2.74. The zero-order valence-electron chi connectivity index (χ0n) is 8.64. The second-order valence-electron chi connectivity index (χ2n) is 3.48. The summed E-state index contributed by atoms with van der Waals surface area (Å²) in [5, 5.41) is 10.3. The molecule has 0 aliphatic heterocycles. The monoisotopic (exact) mass is 230 g/mol. The molecule has 0 aliphatic carbocycles. The Morgan fingerprint density at radius 3 is 2.60 bits per heavy atom. The molecule has 3 N–H and O–H groups in total. The Morgan fingerprint density at radius 2 is 2.13 bits per heavy atom. The topological polar surface area (TPSA) is 98.0 Å². The van der Waals surface area contributed by atoms with Gasteiger partial charge in [0.25, 0.3) is 0 Å². The number of nitrogens with one attached hydrogen (secondary N) is 1. The first kappa shape index (κ1) is 11.7. The summed E-state index contributed by atoms with van der Waals surface area (Å²) in [6, 6.07) is 3.04. The Morgan fingerprint density at radius 1 is 1.47 bits per heavy atom. The number of hydrogen-bond acceptors (Lipinski definition) is 6. The molecule has 0 aromatic carbocycles. The Labute approximate surface area is 88.8 Å². The number of nitrogens with two attached hydrogens (primary N) is 1. The molecule has 1 aromatic rings. The summed E-state index contributed by atoms with van der Waals surface area (Å²) in [5.41, 5.74) is 5.36. The highest BCUT2D eigenvalue weighted by Gasteiger charge is 2.10. The molecule has 1 unspecified atom stereocenters. The van der Waals surface area contributed by atoms with Crippen LogP contribution in [-0.4, -0.2) is 36.7 Å². The highest BCUT2D eigenvalue weighted by molar-refractivity contribution is 7.90. The third kappa shape index (κ3) is 4.59. The van der Waals surface area contributed by atoms with Gasteiger partial charge in [0, 0.05) is 12.3 Å². The number of anilines is 2. The molecule has 0 aliphatic rings. The minimum Gasteiger partial charge on any atom is -0.382 e. The van der Waals surface area contributed by atoms with E-state index in [0.717, 1.165) is 0 Å². The van der Waals surface area contributed by atoms with Gasteiger partial charge in [0.05, 0.1) is 5.75 Å². The summed E-state index contributed by atoms with van der Waals surface area (Å²) in [4.78, 5) is 0. The van der Waals surface area contributed by atoms with Crippen LogP contribution in [0.25, 0.3) is 0 Å². The summed E-state index contributed by atoms with van der Waals surface area (Å²) in [6.45, 7) is 1.76. The summed E-state index contributed by atoms with van der Waals surface area (Å²) in [6.07, 6.45) is 1.19. The molecule has 0 spiro atoms. The van der Waals surface area contributed by atoms with Crippen molar-refractivity contribution in [1.82, 2.24) is 10.2 Å². The number of nitrogen functional groups attached to an aromatic ring is 1. The molecule has 1 heterocycles. The number of rotatable bonds is 4. The van der Waals surface area contributed by atoms with Crippen LogP contribution in [0.3, 0.4) is 0 Å². The predicted molar refractivity (Wildman–Crippen MR) is 59.2 cm³/mol. The number of hydrogen-bond donors (Lipinski definition) is 2. The maximum atomic E-state index is 11.0. The van der Waals surface area contributed by atoms with Crippen molar-refractivity contribution in [3.05, 3.63) is 12.1 Å². The average molecular weight is 230 g/mol. The van der Waals surface area contributed by atoms with Gasteiger partial charge in [0.2, 0.25) is 0 Å². The summed E-state index contributed by atoms with van der Waals surface area (Å²) in [7, 11) is -2.99. The van der Waals surface area contributed by atoms with E-state index in [1.165, 1.54) is 6.26 Å². The van der Waals surface area contributed by atoms with Crippen molar-refractivity contribution in [1.29, 1.82) is 0 Å². The molecule has 1 rings (SSSR count). The fraction of sp³-hybridized carbons (Fsp3) is 0.500. The number of sulfone groups is 1. The Bertz CT molecular complexity index is 415. The standard InChI is InChI=1S/C8H14N4O2S/c1-6(5-15(2,13)14)10-8-4-3-7(9)11-12-8/h3-4,6H,5H2,1-2H3,(H2,9,11)(H,10,12). The quantitative estimate of drug-likeness (QED) is 0.749. The molecule has 0 bridgehead atoms. The molecule has 0 fully saturated rings. The lowest BCUT2D eigenvalue weighted by Crippen LogP contribution is -2.25.